The molecule has 2 fully saturated rings. The zero-order valence-electron chi connectivity index (χ0n) is 15.5. The summed E-state index contributed by atoms with van der Waals surface area (Å²) in [6.07, 6.45) is 5.55. The van der Waals surface area contributed by atoms with Crippen molar-refractivity contribution >= 4 is 11.9 Å². The predicted octanol–water partition coefficient (Wildman–Crippen LogP) is 3.35. The van der Waals surface area contributed by atoms with Crippen molar-refractivity contribution in [3.8, 4) is 0 Å². The molecule has 0 aromatic rings. The third-order valence-electron chi connectivity index (χ3n) is 5.86. The van der Waals surface area contributed by atoms with Gasteiger partial charge < -0.3 is 14.2 Å². The molecule has 0 aromatic carbocycles. The van der Waals surface area contributed by atoms with Gasteiger partial charge in [0.1, 0.15) is 19.3 Å². The highest BCUT2D eigenvalue weighted by Gasteiger charge is 2.48. The van der Waals surface area contributed by atoms with E-state index in [4.69, 9.17) is 14.2 Å². The van der Waals surface area contributed by atoms with Gasteiger partial charge in [-0.1, -0.05) is 13.8 Å². The van der Waals surface area contributed by atoms with Gasteiger partial charge in [0.25, 0.3) is 0 Å². The van der Waals surface area contributed by atoms with Crippen LogP contribution in [-0.4, -0.2) is 37.9 Å². The van der Waals surface area contributed by atoms with Crippen LogP contribution in [0.25, 0.3) is 0 Å². The van der Waals surface area contributed by atoms with Gasteiger partial charge in [-0.25, -0.2) is 4.79 Å². The molecule has 0 amide bonds. The van der Waals surface area contributed by atoms with Gasteiger partial charge >= 0.3 is 11.9 Å². The first-order valence-corrected chi connectivity index (χ1v) is 9.33. The van der Waals surface area contributed by atoms with E-state index < -0.39 is 5.41 Å². The minimum Gasteiger partial charge on any atom is -0.463 e. The molecule has 2 rings (SSSR count). The molecule has 0 saturated heterocycles. The quantitative estimate of drug-likeness (QED) is 0.476. The van der Waals surface area contributed by atoms with Gasteiger partial charge in [-0.2, -0.15) is 0 Å². The smallest absolute Gasteiger partial charge is 0.332 e. The Bertz CT molecular complexity index is 445. The van der Waals surface area contributed by atoms with Gasteiger partial charge in [-0.15, -0.1) is 0 Å². The standard InChI is InChI=1S/C19H32O5/c1-5-15-13-7-8-14(11-13)17(15)24-16(20)12-22-9-10-23-18(21)19(3,4)6-2/h13-15,17H,5-12H2,1-4H3. The molecule has 2 aliphatic rings. The summed E-state index contributed by atoms with van der Waals surface area (Å²) in [5, 5.41) is 0. The maximum atomic E-state index is 12.0. The zero-order chi connectivity index (χ0) is 17.7. The van der Waals surface area contributed by atoms with E-state index in [2.05, 4.69) is 6.92 Å². The van der Waals surface area contributed by atoms with E-state index in [1.165, 1.54) is 19.3 Å². The summed E-state index contributed by atoms with van der Waals surface area (Å²) in [6.45, 7) is 8.15. The number of rotatable bonds is 9. The van der Waals surface area contributed by atoms with Gasteiger partial charge in [0.2, 0.25) is 0 Å². The normalized spacial score (nSPS) is 28.8. The molecule has 5 nitrogen and oxygen atoms in total. The number of carbonyl (C=O) groups is 2. The molecule has 0 spiro atoms. The average Bonchev–Trinajstić information content (AvgIpc) is 3.15. The SMILES string of the molecule is CCC1C2CCC(C2)C1OC(=O)COCCOC(=O)C(C)(C)CC. The van der Waals surface area contributed by atoms with Crippen LogP contribution in [0.1, 0.15) is 59.8 Å². The van der Waals surface area contributed by atoms with Crippen LogP contribution < -0.4 is 0 Å². The monoisotopic (exact) mass is 340 g/mol. The van der Waals surface area contributed by atoms with E-state index in [-0.39, 0.29) is 37.9 Å². The lowest BCUT2D eigenvalue weighted by Gasteiger charge is -2.29. The Balaban J connectivity index is 1.61. The summed E-state index contributed by atoms with van der Waals surface area (Å²) in [5.41, 5.74) is -0.476. The molecule has 0 radical (unpaired) electrons. The van der Waals surface area contributed by atoms with Crippen molar-refractivity contribution < 1.29 is 23.8 Å². The molecule has 2 bridgehead atoms. The van der Waals surface area contributed by atoms with Gasteiger partial charge in [-0.3, -0.25) is 4.79 Å². The molecule has 2 saturated carbocycles. The molecule has 0 aliphatic heterocycles. The molecular weight excluding hydrogens is 308 g/mol. The number of carbonyl (C=O) groups excluding carboxylic acids is 2. The Hall–Kier alpha value is -1.10. The van der Waals surface area contributed by atoms with E-state index in [0.29, 0.717) is 11.8 Å². The van der Waals surface area contributed by atoms with Crippen LogP contribution in [0.4, 0.5) is 0 Å². The maximum Gasteiger partial charge on any atom is 0.332 e. The molecule has 0 heterocycles. The lowest BCUT2D eigenvalue weighted by molar-refractivity contribution is -0.162. The van der Waals surface area contributed by atoms with Crippen LogP contribution in [0.5, 0.6) is 0 Å². The molecule has 24 heavy (non-hydrogen) atoms. The van der Waals surface area contributed by atoms with Crippen molar-refractivity contribution in [3.05, 3.63) is 0 Å². The number of ether oxygens (including phenoxy) is 3. The number of hydrogen-bond donors (Lipinski definition) is 0. The Morgan fingerprint density at radius 3 is 2.46 bits per heavy atom. The van der Waals surface area contributed by atoms with Gasteiger partial charge in [0, 0.05) is 0 Å². The van der Waals surface area contributed by atoms with Crippen LogP contribution in [-0.2, 0) is 23.8 Å². The second kappa shape index (κ2) is 8.32. The molecule has 0 aromatic heterocycles. The third-order valence-corrected chi connectivity index (χ3v) is 5.86. The van der Waals surface area contributed by atoms with E-state index in [9.17, 15) is 9.59 Å². The summed E-state index contributed by atoms with van der Waals surface area (Å²) in [4.78, 5) is 23.8. The number of hydrogen-bond acceptors (Lipinski definition) is 5. The Morgan fingerprint density at radius 2 is 1.79 bits per heavy atom. The first-order valence-electron chi connectivity index (χ1n) is 9.33. The predicted molar refractivity (Wildman–Crippen MR) is 90.3 cm³/mol. The third kappa shape index (κ3) is 4.50. The summed E-state index contributed by atoms with van der Waals surface area (Å²) in [6, 6.07) is 0. The van der Waals surface area contributed by atoms with Crippen molar-refractivity contribution in [3.63, 3.8) is 0 Å². The van der Waals surface area contributed by atoms with Crippen molar-refractivity contribution in [2.45, 2.75) is 65.9 Å². The van der Waals surface area contributed by atoms with Gasteiger partial charge in [0.05, 0.1) is 12.0 Å². The van der Waals surface area contributed by atoms with Crippen molar-refractivity contribution in [2.75, 3.05) is 19.8 Å². The average molecular weight is 340 g/mol. The van der Waals surface area contributed by atoms with Crippen LogP contribution in [0.2, 0.25) is 0 Å². The molecule has 5 heteroatoms. The summed E-state index contributed by atoms with van der Waals surface area (Å²) in [7, 11) is 0. The summed E-state index contributed by atoms with van der Waals surface area (Å²) < 4.78 is 16.1. The van der Waals surface area contributed by atoms with E-state index >= 15 is 0 Å². The molecule has 4 unspecified atom stereocenters. The maximum absolute atomic E-state index is 12.0. The number of esters is 2. The lowest BCUT2D eigenvalue weighted by atomic mass is 9.84. The van der Waals surface area contributed by atoms with E-state index in [0.717, 1.165) is 18.8 Å². The van der Waals surface area contributed by atoms with Crippen molar-refractivity contribution in [2.24, 2.45) is 23.2 Å². The lowest BCUT2D eigenvalue weighted by Crippen LogP contribution is -2.33. The largest absolute Gasteiger partial charge is 0.463 e. The number of fused-ring (bicyclic) bond motifs is 2. The highest BCUT2D eigenvalue weighted by atomic mass is 16.6. The summed E-state index contributed by atoms with van der Waals surface area (Å²) >= 11 is 0. The first-order chi connectivity index (χ1) is 11.4. The minimum atomic E-state index is -0.476. The van der Waals surface area contributed by atoms with E-state index in [1.54, 1.807) is 0 Å². The fraction of sp³-hybridized carbons (Fsp3) is 0.895. The second-order valence-corrected chi connectivity index (χ2v) is 7.79. The van der Waals surface area contributed by atoms with E-state index in [1.807, 2.05) is 20.8 Å². The van der Waals surface area contributed by atoms with Crippen molar-refractivity contribution in [1.82, 2.24) is 0 Å². The molecule has 138 valence electrons. The second-order valence-electron chi connectivity index (χ2n) is 7.79. The highest BCUT2D eigenvalue weighted by Crippen LogP contribution is 2.51. The fourth-order valence-electron chi connectivity index (χ4n) is 3.98. The highest BCUT2D eigenvalue weighted by molar-refractivity contribution is 5.75. The van der Waals surface area contributed by atoms with Gasteiger partial charge in [0.15, 0.2) is 0 Å². The van der Waals surface area contributed by atoms with Crippen LogP contribution in [0.3, 0.4) is 0 Å². The minimum absolute atomic E-state index is 0.0704. The molecule has 4 atom stereocenters. The molecule has 0 N–H and O–H groups in total. The van der Waals surface area contributed by atoms with Crippen LogP contribution >= 0.6 is 0 Å². The Kier molecular flexibility index (Phi) is 6.67. The Morgan fingerprint density at radius 1 is 1.08 bits per heavy atom. The first kappa shape index (κ1) is 19.2. The van der Waals surface area contributed by atoms with Gasteiger partial charge in [-0.05, 0) is 63.7 Å². The molecular formula is C19H32O5. The van der Waals surface area contributed by atoms with Crippen molar-refractivity contribution in [1.29, 1.82) is 0 Å². The Labute approximate surface area is 145 Å². The summed E-state index contributed by atoms with van der Waals surface area (Å²) in [5.74, 6) is 1.27. The topological polar surface area (TPSA) is 61.8 Å². The zero-order valence-corrected chi connectivity index (χ0v) is 15.5. The van der Waals surface area contributed by atoms with Crippen LogP contribution in [0.15, 0.2) is 0 Å². The van der Waals surface area contributed by atoms with Crippen LogP contribution in [0, 0.1) is 23.2 Å². The fourth-order valence-corrected chi connectivity index (χ4v) is 3.98. The molecule has 2 aliphatic carbocycles.